The van der Waals surface area contributed by atoms with Crippen LogP contribution in [-0.2, 0) is 0 Å². The number of halogens is 1. The van der Waals surface area contributed by atoms with E-state index in [-0.39, 0.29) is 5.82 Å². The minimum atomic E-state index is -0.323. The molecule has 0 fully saturated rings. The molecule has 0 spiro atoms. The molecule has 3 aromatic rings. The van der Waals surface area contributed by atoms with Crippen LogP contribution in [0.1, 0.15) is 5.56 Å². The van der Waals surface area contributed by atoms with Gasteiger partial charge in [0.15, 0.2) is 5.58 Å². The molecule has 1 aromatic heterocycles. The Hall–Kier alpha value is -2.36. The van der Waals surface area contributed by atoms with Crippen LogP contribution in [0.2, 0.25) is 0 Å². The van der Waals surface area contributed by atoms with Gasteiger partial charge in [-0.3, -0.25) is 0 Å². The van der Waals surface area contributed by atoms with Crippen molar-refractivity contribution in [1.82, 2.24) is 4.98 Å². The first-order valence-corrected chi connectivity index (χ1v) is 5.56. The van der Waals surface area contributed by atoms with E-state index in [2.05, 4.69) is 4.98 Å². The Kier molecular flexibility index (Phi) is 2.30. The normalized spacial score (nSPS) is 11.0. The van der Waals surface area contributed by atoms with Crippen LogP contribution < -0.4 is 5.73 Å². The van der Waals surface area contributed by atoms with Gasteiger partial charge >= 0.3 is 0 Å². The van der Waals surface area contributed by atoms with E-state index in [0.29, 0.717) is 17.0 Å². The number of rotatable bonds is 1. The Balaban J connectivity index is 2.16. The molecule has 0 aliphatic heterocycles. The van der Waals surface area contributed by atoms with Gasteiger partial charge in [-0.15, -0.1) is 0 Å². The fraction of sp³-hybridized carbons (Fsp3) is 0.0714. The molecule has 0 atom stereocenters. The van der Waals surface area contributed by atoms with Gasteiger partial charge in [0.2, 0.25) is 5.89 Å². The highest BCUT2D eigenvalue weighted by atomic mass is 19.1. The third-order valence-corrected chi connectivity index (χ3v) is 2.87. The van der Waals surface area contributed by atoms with Crippen molar-refractivity contribution in [3.8, 4) is 11.5 Å². The summed E-state index contributed by atoms with van der Waals surface area (Å²) in [5.74, 6) is 0.148. The van der Waals surface area contributed by atoms with Gasteiger partial charge in [0.1, 0.15) is 11.3 Å². The van der Waals surface area contributed by atoms with Crippen LogP contribution in [0.4, 0.5) is 10.1 Å². The summed E-state index contributed by atoms with van der Waals surface area (Å²) in [6.45, 7) is 1.92. The predicted molar refractivity (Wildman–Crippen MR) is 68.6 cm³/mol. The summed E-state index contributed by atoms with van der Waals surface area (Å²) in [4.78, 5) is 4.27. The third-order valence-electron chi connectivity index (χ3n) is 2.87. The molecule has 0 saturated heterocycles. The van der Waals surface area contributed by atoms with Gasteiger partial charge in [-0.2, -0.15) is 0 Å². The number of hydrogen-bond acceptors (Lipinski definition) is 3. The lowest BCUT2D eigenvalue weighted by Gasteiger charge is -2.00. The largest absolute Gasteiger partial charge is 0.436 e. The summed E-state index contributed by atoms with van der Waals surface area (Å²) < 4.78 is 18.7. The lowest BCUT2D eigenvalue weighted by Crippen LogP contribution is -1.89. The Morgan fingerprint density at radius 2 is 2.00 bits per heavy atom. The molecule has 0 aliphatic carbocycles. The van der Waals surface area contributed by atoms with Crippen LogP contribution >= 0.6 is 0 Å². The van der Waals surface area contributed by atoms with Crippen LogP contribution in [0.15, 0.2) is 40.8 Å². The number of anilines is 1. The number of fused-ring (bicyclic) bond motifs is 1. The molecule has 0 saturated carbocycles. The van der Waals surface area contributed by atoms with E-state index in [1.807, 2.05) is 19.1 Å². The number of nitrogen functional groups attached to an aromatic ring is 1. The number of nitrogens with zero attached hydrogens (tertiary/aromatic N) is 1. The topological polar surface area (TPSA) is 52.0 Å². The lowest BCUT2D eigenvalue weighted by molar-refractivity contribution is 0.614. The van der Waals surface area contributed by atoms with Crippen molar-refractivity contribution >= 4 is 16.8 Å². The van der Waals surface area contributed by atoms with Gasteiger partial charge in [-0.05, 0) is 42.8 Å². The fourth-order valence-electron chi connectivity index (χ4n) is 1.83. The number of aromatic nitrogens is 1. The molecule has 2 N–H and O–H groups in total. The molecule has 4 heteroatoms. The first-order valence-electron chi connectivity index (χ1n) is 5.56. The average Bonchev–Trinajstić information content (AvgIpc) is 2.75. The summed E-state index contributed by atoms with van der Waals surface area (Å²) in [6.07, 6.45) is 0. The maximum atomic E-state index is 13.1. The molecule has 2 aromatic carbocycles. The molecule has 3 rings (SSSR count). The van der Waals surface area contributed by atoms with E-state index in [9.17, 15) is 4.39 Å². The van der Waals surface area contributed by atoms with Crippen molar-refractivity contribution in [2.24, 2.45) is 0 Å². The number of nitrogens with two attached hydrogens (primary N) is 1. The van der Waals surface area contributed by atoms with Gasteiger partial charge in [-0.1, -0.05) is 0 Å². The minimum Gasteiger partial charge on any atom is -0.436 e. The van der Waals surface area contributed by atoms with Crippen molar-refractivity contribution in [2.45, 2.75) is 6.92 Å². The quantitative estimate of drug-likeness (QED) is 0.664. The zero-order chi connectivity index (χ0) is 12.7. The highest BCUT2D eigenvalue weighted by molar-refractivity contribution is 5.76. The first kappa shape index (κ1) is 10.8. The molecule has 1 heterocycles. The predicted octanol–water partition coefficient (Wildman–Crippen LogP) is 3.52. The fourth-order valence-corrected chi connectivity index (χ4v) is 1.83. The van der Waals surface area contributed by atoms with Crippen molar-refractivity contribution in [2.75, 3.05) is 5.73 Å². The van der Waals surface area contributed by atoms with Crippen LogP contribution in [0.5, 0.6) is 0 Å². The van der Waals surface area contributed by atoms with Crippen LogP contribution in [0.3, 0.4) is 0 Å². The van der Waals surface area contributed by atoms with E-state index in [1.165, 1.54) is 12.1 Å². The summed E-state index contributed by atoms with van der Waals surface area (Å²) in [6, 6.07) is 9.82. The Labute approximate surface area is 103 Å². The van der Waals surface area contributed by atoms with Gasteiger partial charge in [0.05, 0.1) is 0 Å². The minimum absolute atomic E-state index is 0.323. The van der Waals surface area contributed by atoms with E-state index in [1.54, 1.807) is 12.1 Å². The Morgan fingerprint density at radius 1 is 1.17 bits per heavy atom. The molecular formula is C14H11FN2O. The monoisotopic (exact) mass is 242 g/mol. The SMILES string of the molecule is Cc1cc(-c2nc3cc(F)ccc3o2)ccc1N. The van der Waals surface area contributed by atoms with E-state index >= 15 is 0 Å². The van der Waals surface area contributed by atoms with Crippen LogP contribution in [0, 0.1) is 12.7 Å². The van der Waals surface area contributed by atoms with Gasteiger partial charge < -0.3 is 10.2 Å². The molecular weight excluding hydrogens is 231 g/mol. The number of hydrogen-bond donors (Lipinski definition) is 1. The molecule has 0 amide bonds. The molecule has 90 valence electrons. The molecule has 0 bridgehead atoms. The van der Waals surface area contributed by atoms with Crippen molar-refractivity contribution in [3.63, 3.8) is 0 Å². The van der Waals surface area contributed by atoms with Crippen LogP contribution in [-0.4, -0.2) is 4.98 Å². The lowest BCUT2D eigenvalue weighted by atomic mass is 10.1. The molecule has 18 heavy (non-hydrogen) atoms. The Bertz CT molecular complexity index is 734. The number of benzene rings is 2. The van der Waals surface area contributed by atoms with Gasteiger partial charge in [0, 0.05) is 17.3 Å². The van der Waals surface area contributed by atoms with E-state index in [4.69, 9.17) is 10.2 Å². The third kappa shape index (κ3) is 1.72. The van der Waals surface area contributed by atoms with Gasteiger partial charge in [0.25, 0.3) is 0 Å². The summed E-state index contributed by atoms with van der Waals surface area (Å²) in [7, 11) is 0. The molecule has 0 aliphatic rings. The van der Waals surface area contributed by atoms with E-state index in [0.717, 1.165) is 16.8 Å². The second kappa shape index (κ2) is 3.84. The first-order chi connectivity index (χ1) is 8.63. The second-order valence-corrected chi connectivity index (χ2v) is 4.20. The average molecular weight is 242 g/mol. The summed E-state index contributed by atoms with van der Waals surface area (Å²) >= 11 is 0. The van der Waals surface area contributed by atoms with E-state index < -0.39 is 0 Å². The summed E-state index contributed by atoms with van der Waals surface area (Å²) in [5.41, 5.74) is 9.36. The zero-order valence-corrected chi connectivity index (χ0v) is 9.77. The molecule has 0 radical (unpaired) electrons. The maximum Gasteiger partial charge on any atom is 0.227 e. The number of oxazole rings is 1. The highest BCUT2D eigenvalue weighted by Gasteiger charge is 2.09. The second-order valence-electron chi connectivity index (χ2n) is 4.20. The summed E-state index contributed by atoms with van der Waals surface area (Å²) in [5, 5.41) is 0. The van der Waals surface area contributed by atoms with Crippen molar-refractivity contribution in [3.05, 3.63) is 47.8 Å². The standard InChI is InChI=1S/C14H11FN2O/c1-8-6-9(2-4-11(8)16)14-17-12-7-10(15)3-5-13(12)18-14/h2-7H,16H2,1H3. The van der Waals surface area contributed by atoms with Gasteiger partial charge in [-0.25, -0.2) is 9.37 Å². The Morgan fingerprint density at radius 3 is 2.78 bits per heavy atom. The maximum absolute atomic E-state index is 13.1. The molecule has 0 unspecified atom stereocenters. The smallest absolute Gasteiger partial charge is 0.227 e. The highest BCUT2D eigenvalue weighted by Crippen LogP contribution is 2.26. The van der Waals surface area contributed by atoms with Crippen molar-refractivity contribution < 1.29 is 8.81 Å². The van der Waals surface area contributed by atoms with Crippen LogP contribution in [0.25, 0.3) is 22.6 Å². The number of aryl methyl sites for hydroxylation is 1. The zero-order valence-electron chi connectivity index (χ0n) is 9.77. The molecule has 3 nitrogen and oxygen atoms in total. The van der Waals surface area contributed by atoms with Crippen molar-refractivity contribution in [1.29, 1.82) is 0 Å².